The van der Waals surface area contributed by atoms with Gasteiger partial charge in [0.1, 0.15) is 0 Å². The quantitative estimate of drug-likeness (QED) is 0.767. The van der Waals surface area contributed by atoms with Crippen molar-refractivity contribution >= 4 is 29.5 Å². The van der Waals surface area contributed by atoms with Crippen molar-refractivity contribution in [3.63, 3.8) is 0 Å². The molecule has 1 N–H and O–H groups in total. The molecule has 10 heteroatoms. The second-order valence-electron chi connectivity index (χ2n) is 6.01. The maximum atomic E-state index is 11.8. The molecule has 0 aliphatic carbocycles. The molecular weight excluding hydrogens is 364 g/mol. The third-order valence-corrected chi connectivity index (χ3v) is 4.24. The van der Waals surface area contributed by atoms with Gasteiger partial charge in [0.15, 0.2) is 5.82 Å². The van der Waals surface area contributed by atoms with Crippen LogP contribution in [-0.4, -0.2) is 72.0 Å². The number of hydrogen-bond donors (Lipinski definition) is 1. The third kappa shape index (κ3) is 4.64. The highest BCUT2D eigenvalue weighted by Crippen LogP contribution is 2.18. The van der Waals surface area contributed by atoms with E-state index in [0.29, 0.717) is 50.1 Å². The van der Waals surface area contributed by atoms with Crippen molar-refractivity contribution in [2.45, 2.75) is 6.92 Å². The molecule has 10 nitrogen and oxygen atoms in total. The van der Waals surface area contributed by atoms with Gasteiger partial charge in [-0.25, -0.2) is 9.59 Å². The zero-order chi connectivity index (χ0) is 19.9. The molecule has 2 aromatic rings. The average molecular weight is 386 g/mol. The second-order valence-corrected chi connectivity index (χ2v) is 6.01. The van der Waals surface area contributed by atoms with Gasteiger partial charge in [-0.1, -0.05) is 0 Å². The van der Waals surface area contributed by atoms with Gasteiger partial charge in [-0.15, -0.1) is 5.10 Å². The molecule has 0 unspecified atom stereocenters. The van der Waals surface area contributed by atoms with Crippen LogP contribution in [0.25, 0.3) is 0 Å². The highest BCUT2D eigenvalue weighted by Gasteiger charge is 2.23. The number of aromatic nitrogens is 3. The number of piperazine rings is 1. The summed E-state index contributed by atoms with van der Waals surface area (Å²) in [7, 11) is 1.34. The Morgan fingerprint density at radius 1 is 1.14 bits per heavy atom. The van der Waals surface area contributed by atoms with Crippen LogP contribution in [0.4, 0.5) is 22.2 Å². The zero-order valence-electron chi connectivity index (χ0n) is 15.8. The SMILES string of the molecule is CCOC(=O)N1CCN(c2cnnc(Nc3ccc(C(=O)OC)cc3)n2)CC1. The van der Waals surface area contributed by atoms with Crippen LogP contribution in [-0.2, 0) is 9.47 Å². The first-order chi connectivity index (χ1) is 13.6. The number of rotatable bonds is 5. The molecule has 1 saturated heterocycles. The summed E-state index contributed by atoms with van der Waals surface area (Å²) in [5.74, 6) is 0.622. The highest BCUT2D eigenvalue weighted by molar-refractivity contribution is 5.89. The first kappa shape index (κ1) is 19.3. The van der Waals surface area contributed by atoms with Crippen LogP contribution in [0.3, 0.4) is 0 Å². The Balaban J connectivity index is 1.61. The lowest BCUT2D eigenvalue weighted by molar-refractivity contribution is 0.0600. The number of nitrogens with one attached hydrogen (secondary N) is 1. The van der Waals surface area contributed by atoms with Crippen molar-refractivity contribution < 1.29 is 19.1 Å². The number of benzene rings is 1. The van der Waals surface area contributed by atoms with Crippen molar-refractivity contribution in [3.8, 4) is 0 Å². The van der Waals surface area contributed by atoms with E-state index in [4.69, 9.17) is 4.74 Å². The van der Waals surface area contributed by atoms with Gasteiger partial charge in [-0.3, -0.25) is 0 Å². The number of anilines is 3. The summed E-state index contributed by atoms with van der Waals surface area (Å²) in [6.45, 7) is 4.53. The van der Waals surface area contributed by atoms with Gasteiger partial charge in [0.25, 0.3) is 0 Å². The Bertz CT molecular complexity index is 821. The van der Waals surface area contributed by atoms with E-state index in [1.165, 1.54) is 7.11 Å². The maximum Gasteiger partial charge on any atom is 0.409 e. The van der Waals surface area contributed by atoms with Crippen LogP contribution >= 0.6 is 0 Å². The number of carbonyl (C=O) groups is 2. The molecule has 0 spiro atoms. The van der Waals surface area contributed by atoms with Crippen molar-refractivity contribution in [1.82, 2.24) is 20.1 Å². The smallest absolute Gasteiger partial charge is 0.409 e. The fourth-order valence-corrected chi connectivity index (χ4v) is 2.77. The fraction of sp³-hybridized carbons (Fsp3) is 0.389. The van der Waals surface area contributed by atoms with E-state index in [1.807, 2.05) is 4.90 Å². The Kier molecular flexibility index (Phi) is 6.20. The van der Waals surface area contributed by atoms with Gasteiger partial charge < -0.3 is 24.6 Å². The molecule has 0 saturated carbocycles. The van der Waals surface area contributed by atoms with Crippen molar-refractivity contribution in [2.75, 3.05) is 50.1 Å². The first-order valence-corrected chi connectivity index (χ1v) is 8.92. The lowest BCUT2D eigenvalue weighted by Crippen LogP contribution is -2.49. The first-order valence-electron chi connectivity index (χ1n) is 8.92. The van der Waals surface area contributed by atoms with Gasteiger partial charge >= 0.3 is 12.1 Å². The summed E-state index contributed by atoms with van der Waals surface area (Å²) in [6, 6.07) is 6.78. The molecule has 0 radical (unpaired) electrons. The van der Waals surface area contributed by atoms with Crippen LogP contribution in [0.15, 0.2) is 30.5 Å². The molecule has 28 heavy (non-hydrogen) atoms. The summed E-state index contributed by atoms with van der Waals surface area (Å²) in [4.78, 5) is 31.5. The molecule has 1 aromatic heterocycles. The molecule has 2 heterocycles. The zero-order valence-corrected chi connectivity index (χ0v) is 15.8. The van der Waals surface area contributed by atoms with Crippen LogP contribution in [0.5, 0.6) is 0 Å². The monoisotopic (exact) mass is 386 g/mol. The van der Waals surface area contributed by atoms with Crippen molar-refractivity contribution in [3.05, 3.63) is 36.0 Å². The van der Waals surface area contributed by atoms with Crippen LogP contribution in [0.1, 0.15) is 17.3 Å². The van der Waals surface area contributed by atoms with Crippen molar-refractivity contribution in [1.29, 1.82) is 0 Å². The predicted molar refractivity (Wildman–Crippen MR) is 102 cm³/mol. The van der Waals surface area contributed by atoms with Gasteiger partial charge in [0, 0.05) is 31.9 Å². The van der Waals surface area contributed by atoms with Gasteiger partial charge in [-0.05, 0) is 31.2 Å². The van der Waals surface area contributed by atoms with E-state index >= 15 is 0 Å². The normalized spacial score (nSPS) is 13.8. The topological polar surface area (TPSA) is 110 Å². The Morgan fingerprint density at radius 2 is 1.86 bits per heavy atom. The lowest BCUT2D eigenvalue weighted by Gasteiger charge is -2.34. The largest absolute Gasteiger partial charge is 0.465 e. The van der Waals surface area contributed by atoms with Gasteiger partial charge in [0.05, 0.1) is 25.5 Å². The third-order valence-electron chi connectivity index (χ3n) is 4.24. The summed E-state index contributed by atoms with van der Waals surface area (Å²) in [5, 5.41) is 11.1. The molecular formula is C18H22N6O4. The van der Waals surface area contributed by atoms with Crippen molar-refractivity contribution in [2.24, 2.45) is 0 Å². The average Bonchev–Trinajstić information content (AvgIpc) is 2.74. The number of methoxy groups -OCH3 is 1. The van der Waals surface area contributed by atoms with E-state index in [2.05, 4.69) is 25.2 Å². The van der Waals surface area contributed by atoms with E-state index in [9.17, 15) is 9.59 Å². The molecule has 1 aromatic carbocycles. The Labute approximate surface area is 162 Å². The summed E-state index contributed by atoms with van der Waals surface area (Å²) in [6.07, 6.45) is 1.30. The Morgan fingerprint density at radius 3 is 2.50 bits per heavy atom. The Hall–Kier alpha value is -3.43. The van der Waals surface area contributed by atoms with E-state index in [0.717, 1.165) is 5.69 Å². The number of amides is 1. The fourth-order valence-electron chi connectivity index (χ4n) is 2.77. The highest BCUT2D eigenvalue weighted by atomic mass is 16.6. The van der Waals surface area contributed by atoms with Crippen LogP contribution < -0.4 is 10.2 Å². The van der Waals surface area contributed by atoms with Crippen LogP contribution in [0, 0.1) is 0 Å². The van der Waals surface area contributed by atoms with E-state index in [1.54, 1.807) is 42.3 Å². The second kappa shape index (κ2) is 8.98. The molecule has 1 fully saturated rings. The summed E-state index contributed by atoms with van der Waals surface area (Å²) < 4.78 is 9.71. The molecule has 0 bridgehead atoms. The molecule has 0 atom stereocenters. The predicted octanol–water partition coefficient (Wildman–Crippen LogP) is 1.68. The van der Waals surface area contributed by atoms with Gasteiger partial charge in [-0.2, -0.15) is 10.1 Å². The van der Waals surface area contributed by atoms with Gasteiger partial charge in [0.2, 0.25) is 5.95 Å². The molecule has 1 amide bonds. The summed E-state index contributed by atoms with van der Waals surface area (Å²) >= 11 is 0. The molecule has 3 rings (SSSR count). The molecule has 148 valence electrons. The summed E-state index contributed by atoms with van der Waals surface area (Å²) in [5.41, 5.74) is 1.18. The standard InChI is InChI=1S/C18H22N6O4/c1-3-28-18(26)24-10-8-23(9-11-24)15-12-19-22-17(21-15)20-14-6-4-13(5-7-14)16(25)27-2/h4-7,12H,3,8-11H2,1-2H3,(H,20,21,22). The minimum Gasteiger partial charge on any atom is -0.465 e. The number of carbonyl (C=O) groups excluding carboxylic acids is 2. The minimum atomic E-state index is -0.395. The molecule has 1 aliphatic heterocycles. The minimum absolute atomic E-state index is 0.291. The number of nitrogens with zero attached hydrogens (tertiary/aromatic N) is 5. The number of esters is 1. The lowest BCUT2D eigenvalue weighted by atomic mass is 10.2. The number of ether oxygens (including phenoxy) is 2. The van der Waals surface area contributed by atoms with Crippen LogP contribution in [0.2, 0.25) is 0 Å². The number of hydrogen-bond acceptors (Lipinski definition) is 9. The van der Waals surface area contributed by atoms with E-state index < -0.39 is 5.97 Å². The molecule has 1 aliphatic rings. The van der Waals surface area contributed by atoms with E-state index in [-0.39, 0.29) is 6.09 Å². The maximum absolute atomic E-state index is 11.8.